The fourth-order valence-corrected chi connectivity index (χ4v) is 4.71. The van der Waals surface area contributed by atoms with E-state index in [9.17, 15) is 9.59 Å². The van der Waals surface area contributed by atoms with E-state index < -0.39 is 11.8 Å². The van der Waals surface area contributed by atoms with Crippen LogP contribution >= 0.6 is 56.8 Å². The second kappa shape index (κ2) is 7.50. The number of rotatable bonds is 3. The molecule has 0 aromatic heterocycles. The zero-order chi connectivity index (χ0) is 18.1. The van der Waals surface area contributed by atoms with Gasteiger partial charge in [-0.3, -0.25) is 15.0 Å². The number of nitrogens with zero attached hydrogens (tertiary/aromatic N) is 1. The highest BCUT2D eigenvalue weighted by atomic mass is 127. The van der Waals surface area contributed by atoms with Gasteiger partial charge in [0.2, 0.25) is 0 Å². The zero-order valence-corrected chi connectivity index (χ0v) is 17.9. The highest BCUT2D eigenvalue weighted by Gasteiger charge is 2.34. The molecule has 128 valence electrons. The number of hydrazine groups is 1. The molecule has 2 amide bonds. The summed E-state index contributed by atoms with van der Waals surface area (Å²) in [6, 6.07) is 10.5. The summed E-state index contributed by atoms with van der Waals surface area (Å²) in [4.78, 5) is 25.0. The lowest BCUT2D eigenvalue weighted by Crippen LogP contribution is -2.35. The Morgan fingerprint density at radius 3 is 2.64 bits per heavy atom. The summed E-state index contributed by atoms with van der Waals surface area (Å²) >= 11 is 10.3. The van der Waals surface area contributed by atoms with Gasteiger partial charge in [-0.05, 0) is 81.6 Å². The van der Waals surface area contributed by atoms with Gasteiger partial charge in [-0.1, -0.05) is 17.7 Å². The maximum Gasteiger partial charge on any atom is 0.282 e. The van der Waals surface area contributed by atoms with E-state index in [1.807, 2.05) is 12.1 Å². The summed E-state index contributed by atoms with van der Waals surface area (Å²) in [5, 5.41) is 1.66. The fourth-order valence-electron chi connectivity index (χ4n) is 2.41. The second-order valence-corrected chi connectivity index (χ2v) is 7.97. The van der Waals surface area contributed by atoms with Crippen molar-refractivity contribution >= 4 is 80.4 Å². The lowest BCUT2D eigenvalue weighted by molar-refractivity contribution is -0.117. The number of carbonyl (C=O) groups excluding carboxylic acids is 2. The lowest BCUT2D eigenvalue weighted by atomic mass is 10.1. The van der Waals surface area contributed by atoms with Gasteiger partial charge in [0.25, 0.3) is 11.8 Å². The van der Waals surface area contributed by atoms with E-state index in [4.69, 9.17) is 16.3 Å². The predicted molar refractivity (Wildman–Crippen MR) is 113 cm³/mol. The number of hydrogen-bond acceptors (Lipinski definition) is 3. The molecular weight excluding hydrogens is 569 g/mol. The van der Waals surface area contributed by atoms with E-state index in [0.717, 1.165) is 7.14 Å². The number of hydrogen-bond donors (Lipinski definition) is 1. The average molecular weight is 581 g/mol. The van der Waals surface area contributed by atoms with Crippen molar-refractivity contribution in [2.75, 3.05) is 12.1 Å². The summed E-state index contributed by atoms with van der Waals surface area (Å²) in [6.45, 7) is 0. The van der Waals surface area contributed by atoms with Crippen LogP contribution in [0.1, 0.15) is 5.56 Å². The first-order valence-electron chi connectivity index (χ1n) is 7.06. The molecule has 0 saturated carbocycles. The molecule has 25 heavy (non-hydrogen) atoms. The highest BCUT2D eigenvalue weighted by Crippen LogP contribution is 2.31. The van der Waals surface area contributed by atoms with Crippen LogP contribution in [0.25, 0.3) is 6.08 Å². The van der Waals surface area contributed by atoms with Crippen molar-refractivity contribution < 1.29 is 14.3 Å². The fraction of sp³-hybridized carbons (Fsp3) is 0.0588. The largest absolute Gasteiger partial charge is 0.495 e. The Labute approximate surface area is 176 Å². The van der Waals surface area contributed by atoms with Crippen molar-refractivity contribution in [3.63, 3.8) is 0 Å². The van der Waals surface area contributed by atoms with E-state index in [1.54, 1.807) is 37.5 Å². The molecule has 5 nitrogen and oxygen atoms in total. The lowest BCUT2D eigenvalue weighted by Gasteiger charge is -2.14. The maximum absolute atomic E-state index is 12.7. The van der Waals surface area contributed by atoms with Crippen LogP contribution < -0.4 is 15.2 Å². The van der Waals surface area contributed by atoms with Crippen molar-refractivity contribution in [2.45, 2.75) is 0 Å². The minimum Gasteiger partial charge on any atom is -0.495 e. The molecule has 0 aliphatic carbocycles. The molecule has 0 unspecified atom stereocenters. The van der Waals surface area contributed by atoms with Crippen molar-refractivity contribution in [1.29, 1.82) is 0 Å². The van der Waals surface area contributed by atoms with E-state index >= 15 is 0 Å². The van der Waals surface area contributed by atoms with Crippen LogP contribution in [0.2, 0.25) is 5.02 Å². The molecule has 8 heteroatoms. The molecule has 1 N–H and O–H groups in total. The van der Waals surface area contributed by atoms with Gasteiger partial charge < -0.3 is 4.74 Å². The van der Waals surface area contributed by atoms with Gasteiger partial charge in [0, 0.05) is 14.2 Å². The molecule has 0 atom stereocenters. The first-order valence-corrected chi connectivity index (χ1v) is 9.60. The molecule has 1 fully saturated rings. The zero-order valence-electron chi connectivity index (χ0n) is 12.8. The Hall–Kier alpha value is -1.33. The number of carbonyl (C=O) groups is 2. The van der Waals surface area contributed by atoms with Gasteiger partial charge >= 0.3 is 0 Å². The van der Waals surface area contributed by atoms with E-state index in [1.165, 1.54) is 5.01 Å². The van der Waals surface area contributed by atoms with Crippen molar-refractivity contribution in [3.8, 4) is 5.75 Å². The Bertz CT molecular complexity index is 915. The predicted octanol–water partition coefficient (Wildman–Crippen LogP) is 4.02. The molecule has 0 spiro atoms. The van der Waals surface area contributed by atoms with Crippen LogP contribution in [0.3, 0.4) is 0 Å². The molecule has 0 bridgehead atoms. The Morgan fingerprint density at radius 2 is 1.96 bits per heavy atom. The summed E-state index contributed by atoms with van der Waals surface area (Å²) in [7, 11) is 1.56. The van der Waals surface area contributed by atoms with Crippen LogP contribution in [0.5, 0.6) is 5.75 Å². The van der Waals surface area contributed by atoms with Gasteiger partial charge in [-0.25, -0.2) is 5.01 Å². The van der Waals surface area contributed by atoms with Crippen LogP contribution in [0.15, 0.2) is 42.0 Å². The number of ether oxygens (including phenoxy) is 1. The first-order chi connectivity index (χ1) is 11.9. The normalized spacial score (nSPS) is 15.7. The number of anilines is 1. The number of nitrogens with one attached hydrogen (secondary N) is 1. The van der Waals surface area contributed by atoms with Crippen molar-refractivity contribution in [1.82, 2.24) is 5.43 Å². The van der Waals surface area contributed by atoms with Crippen LogP contribution in [0.4, 0.5) is 5.69 Å². The van der Waals surface area contributed by atoms with E-state index in [2.05, 4.69) is 50.6 Å². The SMILES string of the molecule is COc1c(I)cc(I)cc1/C=C1/C(=O)NN(c2cccc(Cl)c2)C1=O. The first kappa shape index (κ1) is 18.5. The second-order valence-electron chi connectivity index (χ2n) is 5.13. The third kappa shape index (κ3) is 3.77. The topological polar surface area (TPSA) is 58.6 Å². The molecule has 0 radical (unpaired) electrons. The van der Waals surface area contributed by atoms with Crippen LogP contribution in [-0.2, 0) is 9.59 Å². The molecule has 3 rings (SSSR count). The van der Waals surface area contributed by atoms with Gasteiger partial charge in [0.05, 0.1) is 16.4 Å². The van der Waals surface area contributed by atoms with E-state index in [-0.39, 0.29) is 5.57 Å². The number of methoxy groups -OCH3 is 1. The molecule has 1 heterocycles. The summed E-state index contributed by atoms with van der Waals surface area (Å²) in [5.74, 6) is -0.292. The van der Waals surface area contributed by atoms with Gasteiger partial charge in [0.1, 0.15) is 11.3 Å². The summed E-state index contributed by atoms with van der Waals surface area (Å²) in [5.41, 5.74) is 3.77. The Balaban J connectivity index is 2.03. The molecule has 1 aliphatic rings. The number of benzene rings is 2. The number of halogens is 3. The average Bonchev–Trinajstić information content (AvgIpc) is 2.83. The van der Waals surface area contributed by atoms with Crippen molar-refractivity contribution in [2.24, 2.45) is 0 Å². The van der Waals surface area contributed by atoms with Gasteiger partial charge in [0.15, 0.2) is 0 Å². The quantitative estimate of drug-likeness (QED) is 0.339. The summed E-state index contributed by atoms with van der Waals surface area (Å²) < 4.78 is 7.29. The number of amides is 2. The minimum atomic E-state index is -0.471. The molecule has 1 saturated heterocycles. The Morgan fingerprint density at radius 1 is 1.20 bits per heavy atom. The summed E-state index contributed by atoms with van der Waals surface area (Å²) in [6.07, 6.45) is 1.55. The monoisotopic (exact) mass is 580 g/mol. The van der Waals surface area contributed by atoms with Crippen LogP contribution in [-0.4, -0.2) is 18.9 Å². The molecule has 1 aliphatic heterocycles. The standard InChI is InChI=1S/C17H11ClI2N2O3/c1-25-15-9(5-11(19)8-14(15)20)6-13-16(23)21-22(17(13)24)12-4-2-3-10(18)7-12/h2-8H,1H3,(H,21,23)/b13-6-. The highest BCUT2D eigenvalue weighted by molar-refractivity contribution is 14.1. The maximum atomic E-state index is 12.7. The van der Waals surface area contributed by atoms with Gasteiger partial charge in [-0.15, -0.1) is 0 Å². The smallest absolute Gasteiger partial charge is 0.282 e. The Kier molecular flexibility index (Phi) is 5.54. The van der Waals surface area contributed by atoms with Crippen molar-refractivity contribution in [3.05, 3.63) is 59.7 Å². The third-order valence-corrected chi connectivity index (χ3v) is 5.16. The molecular formula is C17H11ClI2N2O3. The molecule has 2 aromatic rings. The van der Waals surface area contributed by atoms with Crippen LogP contribution in [0, 0.1) is 7.14 Å². The third-order valence-electron chi connectivity index (χ3n) is 3.50. The van der Waals surface area contributed by atoms with E-state index in [0.29, 0.717) is 22.0 Å². The van der Waals surface area contributed by atoms with Gasteiger partial charge in [-0.2, -0.15) is 0 Å². The minimum absolute atomic E-state index is 0.0380. The molecule has 2 aromatic carbocycles.